The smallest absolute Gasteiger partial charge is 0.123 e. The number of hydrogen-bond acceptors (Lipinski definition) is 3. The molecule has 0 aliphatic carbocycles. The summed E-state index contributed by atoms with van der Waals surface area (Å²) in [5, 5.41) is 4.26. The lowest BCUT2D eigenvalue weighted by Crippen LogP contribution is -2.24. The van der Waals surface area contributed by atoms with Gasteiger partial charge < -0.3 is 0 Å². The molecule has 0 bridgehead atoms. The molecule has 4 rings (SSSR count). The zero-order valence-electron chi connectivity index (χ0n) is 15.0. The Morgan fingerprint density at radius 3 is 2.58 bits per heavy atom. The molecule has 1 aliphatic heterocycles. The van der Waals surface area contributed by atoms with Crippen LogP contribution in [0.3, 0.4) is 0 Å². The van der Waals surface area contributed by atoms with Crippen LogP contribution in [0.5, 0.6) is 0 Å². The van der Waals surface area contributed by atoms with Gasteiger partial charge in [0.25, 0.3) is 0 Å². The van der Waals surface area contributed by atoms with Crippen LogP contribution in [0.4, 0.5) is 4.39 Å². The molecule has 0 amide bonds. The summed E-state index contributed by atoms with van der Waals surface area (Å²) in [6, 6.07) is 13.4. The first-order valence-corrected chi connectivity index (χ1v) is 9.09. The van der Waals surface area contributed by atoms with Gasteiger partial charge in [-0.2, -0.15) is 5.10 Å². The Morgan fingerprint density at radius 2 is 1.88 bits per heavy atom. The second-order valence-electron chi connectivity index (χ2n) is 6.97. The van der Waals surface area contributed by atoms with E-state index in [0.717, 1.165) is 42.8 Å². The topological polar surface area (TPSA) is 34.0 Å². The molecule has 1 aromatic carbocycles. The van der Waals surface area contributed by atoms with Crippen LogP contribution in [0.25, 0.3) is 0 Å². The normalized spacial score (nSPS) is 17.7. The van der Waals surface area contributed by atoms with Gasteiger partial charge in [0, 0.05) is 26.0 Å². The van der Waals surface area contributed by atoms with Crippen molar-refractivity contribution >= 4 is 0 Å². The highest BCUT2D eigenvalue weighted by Crippen LogP contribution is 2.32. The van der Waals surface area contributed by atoms with E-state index in [9.17, 15) is 4.39 Å². The average Bonchev–Trinajstić information content (AvgIpc) is 3.28. The second-order valence-corrected chi connectivity index (χ2v) is 6.97. The Balaban J connectivity index is 1.45. The molecule has 2 aromatic heterocycles. The summed E-state index contributed by atoms with van der Waals surface area (Å²) in [5.41, 5.74) is 4.61. The van der Waals surface area contributed by atoms with Crippen LogP contribution < -0.4 is 0 Å². The fraction of sp³-hybridized carbons (Fsp3) is 0.333. The van der Waals surface area contributed by atoms with Crippen molar-refractivity contribution in [2.45, 2.75) is 31.8 Å². The summed E-state index contributed by atoms with van der Waals surface area (Å²) in [6.45, 7) is 2.00. The van der Waals surface area contributed by atoms with Crippen molar-refractivity contribution in [2.24, 2.45) is 7.05 Å². The third-order valence-corrected chi connectivity index (χ3v) is 5.16. The van der Waals surface area contributed by atoms with E-state index in [1.54, 1.807) is 0 Å². The molecule has 134 valence electrons. The van der Waals surface area contributed by atoms with Crippen LogP contribution in [0.2, 0.25) is 0 Å². The number of hydrogen-bond donors (Lipinski definition) is 0. The van der Waals surface area contributed by atoms with E-state index in [1.165, 1.54) is 24.2 Å². The van der Waals surface area contributed by atoms with Gasteiger partial charge in [-0.05, 0) is 61.2 Å². The number of aryl methyl sites for hydroxylation is 1. The van der Waals surface area contributed by atoms with Gasteiger partial charge in [-0.25, -0.2) is 4.39 Å². The minimum atomic E-state index is -0.197. The standard InChI is InChI=1S/C21H23FN4/c1-25-19(10-11-24-25)15-26-12-2-3-21(26)20-9-6-17(14-23-20)13-16-4-7-18(22)8-5-16/h4-11,14,21H,2-3,12-13,15H2,1H3. The summed E-state index contributed by atoms with van der Waals surface area (Å²) in [7, 11) is 1.99. The average molecular weight is 350 g/mol. The molecule has 4 nitrogen and oxygen atoms in total. The Morgan fingerprint density at radius 1 is 1.08 bits per heavy atom. The van der Waals surface area contributed by atoms with E-state index in [-0.39, 0.29) is 5.82 Å². The van der Waals surface area contributed by atoms with Gasteiger partial charge in [0.05, 0.1) is 17.4 Å². The molecule has 0 N–H and O–H groups in total. The highest BCUT2D eigenvalue weighted by molar-refractivity contribution is 5.26. The van der Waals surface area contributed by atoms with Crippen LogP contribution in [-0.4, -0.2) is 26.2 Å². The Labute approximate surface area is 153 Å². The summed E-state index contributed by atoms with van der Waals surface area (Å²) < 4.78 is 15.0. The van der Waals surface area contributed by atoms with Crippen LogP contribution >= 0.6 is 0 Å². The Hall–Kier alpha value is -2.53. The number of pyridine rings is 1. The maximum Gasteiger partial charge on any atom is 0.123 e. The molecular formula is C21H23FN4. The van der Waals surface area contributed by atoms with Gasteiger partial charge >= 0.3 is 0 Å². The van der Waals surface area contributed by atoms with Crippen molar-refractivity contribution in [2.75, 3.05) is 6.54 Å². The molecule has 5 heteroatoms. The monoisotopic (exact) mass is 350 g/mol. The van der Waals surface area contributed by atoms with Gasteiger partial charge in [-0.15, -0.1) is 0 Å². The molecule has 1 unspecified atom stereocenters. The lowest BCUT2D eigenvalue weighted by atomic mass is 10.0. The highest BCUT2D eigenvalue weighted by atomic mass is 19.1. The largest absolute Gasteiger partial charge is 0.289 e. The zero-order chi connectivity index (χ0) is 17.9. The molecule has 26 heavy (non-hydrogen) atoms. The van der Waals surface area contributed by atoms with E-state index in [0.29, 0.717) is 6.04 Å². The van der Waals surface area contributed by atoms with E-state index in [4.69, 9.17) is 4.98 Å². The van der Waals surface area contributed by atoms with E-state index in [1.807, 2.05) is 36.3 Å². The van der Waals surface area contributed by atoms with Crippen molar-refractivity contribution in [3.05, 3.63) is 83.2 Å². The number of halogens is 1. The van der Waals surface area contributed by atoms with Crippen molar-refractivity contribution in [3.8, 4) is 0 Å². The molecule has 1 fully saturated rings. The van der Waals surface area contributed by atoms with Gasteiger partial charge in [-0.1, -0.05) is 18.2 Å². The van der Waals surface area contributed by atoms with Gasteiger partial charge in [0.2, 0.25) is 0 Å². The zero-order valence-corrected chi connectivity index (χ0v) is 15.0. The molecule has 3 heterocycles. The van der Waals surface area contributed by atoms with Crippen LogP contribution in [0, 0.1) is 5.82 Å². The van der Waals surface area contributed by atoms with E-state index in [2.05, 4.69) is 28.2 Å². The lowest BCUT2D eigenvalue weighted by Gasteiger charge is -2.24. The fourth-order valence-corrected chi connectivity index (χ4v) is 3.69. The molecule has 1 atom stereocenters. The van der Waals surface area contributed by atoms with Gasteiger partial charge in [0.15, 0.2) is 0 Å². The van der Waals surface area contributed by atoms with E-state index < -0.39 is 0 Å². The number of aromatic nitrogens is 3. The third-order valence-electron chi connectivity index (χ3n) is 5.16. The lowest BCUT2D eigenvalue weighted by molar-refractivity contribution is 0.238. The Kier molecular flexibility index (Phi) is 4.80. The number of nitrogens with zero attached hydrogens (tertiary/aromatic N) is 4. The minimum Gasteiger partial charge on any atom is -0.289 e. The summed E-state index contributed by atoms with van der Waals surface area (Å²) >= 11 is 0. The summed E-state index contributed by atoms with van der Waals surface area (Å²) in [4.78, 5) is 7.22. The van der Waals surface area contributed by atoms with Crippen LogP contribution in [0.15, 0.2) is 54.9 Å². The maximum absolute atomic E-state index is 13.0. The molecule has 1 aliphatic rings. The molecule has 3 aromatic rings. The third kappa shape index (κ3) is 3.68. The molecule has 0 radical (unpaired) electrons. The minimum absolute atomic E-state index is 0.197. The molecule has 1 saturated heterocycles. The SMILES string of the molecule is Cn1nccc1CN1CCCC1c1ccc(Cc2ccc(F)cc2)cn1. The van der Waals surface area contributed by atoms with Crippen molar-refractivity contribution in [1.82, 2.24) is 19.7 Å². The van der Waals surface area contributed by atoms with Gasteiger partial charge in [-0.3, -0.25) is 14.6 Å². The molecule has 0 spiro atoms. The first-order valence-electron chi connectivity index (χ1n) is 9.09. The summed E-state index contributed by atoms with van der Waals surface area (Å²) in [5.74, 6) is -0.197. The molecule has 0 saturated carbocycles. The van der Waals surface area contributed by atoms with Crippen molar-refractivity contribution in [3.63, 3.8) is 0 Å². The highest BCUT2D eigenvalue weighted by Gasteiger charge is 2.27. The van der Waals surface area contributed by atoms with Gasteiger partial charge in [0.1, 0.15) is 5.82 Å². The predicted molar refractivity (Wildman–Crippen MR) is 99.0 cm³/mol. The Bertz CT molecular complexity index is 854. The molecular weight excluding hydrogens is 327 g/mol. The summed E-state index contributed by atoms with van der Waals surface area (Å²) in [6.07, 6.45) is 6.92. The van der Waals surface area contributed by atoms with Crippen molar-refractivity contribution < 1.29 is 4.39 Å². The number of likely N-dealkylation sites (tertiary alicyclic amines) is 1. The second kappa shape index (κ2) is 7.38. The van der Waals surface area contributed by atoms with Crippen LogP contribution in [-0.2, 0) is 20.0 Å². The fourth-order valence-electron chi connectivity index (χ4n) is 3.69. The number of rotatable bonds is 5. The number of benzene rings is 1. The van der Waals surface area contributed by atoms with Crippen molar-refractivity contribution in [1.29, 1.82) is 0 Å². The van der Waals surface area contributed by atoms with E-state index >= 15 is 0 Å². The maximum atomic E-state index is 13.0. The quantitative estimate of drug-likeness (QED) is 0.700. The first-order chi connectivity index (χ1) is 12.7. The van der Waals surface area contributed by atoms with Crippen LogP contribution in [0.1, 0.15) is 41.4 Å². The predicted octanol–water partition coefficient (Wildman–Crippen LogP) is 3.88. The first kappa shape index (κ1) is 16.9.